The van der Waals surface area contributed by atoms with Crippen LogP contribution in [0.5, 0.6) is 0 Å². The molecular formula is C13H17BrClNO. The number of nitrogens with one attached hydrogen (secondary N) is 1. The van der Waals surface area contributed by atoms with Gasteiger partial charge in [-0.25, -0.2) is 0 Å². The minimum atomic E-state index is 0.388. The van der Waals surface area contributed by atoms with Gasteiger partial charge in [0.15, 0.2) is 0 Å². The maximum atomic E-state index is 5.95. The summed E-state index contributed by atoms with van der Waals surface area (Å²) in [5, 5.41) is 4.23. The van der Waals surface area contributed by atoms with Crippen molar-refractivity contribution in [3.8, 4) is 0 Å². The Morgan fingerprint density at radius 2 is 2.35 bits per heavy atom. The molecule has 0 spiro atoms. The van der Waals surface area contributed by atoms with Crippen molar-refractivity contribution in [2.75, 3.05) is 13.2 Å². The molecule has 0 radical (unpaired) electrons. The highest BCUT2D eigenvalue weighted by molar-refractivity contribution is 9.10. The van der Waals surface area contributed by atoms with Crippen LogP contribution in [-0.4, -0.2) is 19.3 Å². The van der Waals surface area contributed by atoms with Crippen molar-refractivity contribution in [2.24, 2.45) is 5.92 Å². The minimum absolute atomic E-state index is 0.388. The molecule has 94 valence electrons. The molecule has 2 unspecified atom stereocenters. The van der Waals surface area contributed by atoms with Gasteiger partial charge in [0.1, 0.15) is 0 Å². The summed E-state index contributed by atoms with van der Waals surface area (Å²) in [7, 11) is 0. The lowest BCUT2D eigenvalue weighted by Gasteiger charge is -2.14. The smallest absolute Gasteiger partial charge is 0.0588 e. The second-order valence-corrected chi connectivity index (χ2v) is 5.77. The third kappa shape index (κ3) is 3.68. The molecule has 1 saturated heterocycles. The Hall–Kier alpha value is -0.0900. The zero-order valence-electron chi connectivity index (χ0n) is 9.88. The molecule has 0 aliphatic carbocycles. The highest BCUT2D eigenvalue weighted by Crippen LogP contribution is 2.23. The van der Waals surface area contributed by atoms with E-state index in [-0.39, 0.29) is 0 Å². The van der Waals surface area contributed by atoms with Crippen molar-refractivity contribution in [3.05, 3.63) is 33.3 Å². The highest BCUT2D eigenvalue weighted by Gasteiger charge is 2.23. The third-order valence-electron chi connectivity index (χ3n) is 3.25. The molecule has 0 bridgehead atoms. The Labute approximate surface area is 116 Å². The van der Waals surface area contributed by atoms with Gasteiger partial charge in [-0.15, -0.1) is 0 Å². The lowest BCUT2D eigenvalue weighted by molar-refractivity contribution is 0.105. The normalized spacial score (nSPS) is 24.2. The van der Waals surface area contributed by atoms with E-state index in [9.17, 15) is 0 Å². The van der Waals surface area contributed by atoms with Gasteiger partial charge in [0.05, 0.1) is 11.1 Å². The molecule has 0 saturated carbocycles. The molecule has 2 atom stereocenters. The summed E-state index contributed by atoms with van der Waals surface area (Å²) in [5.74, 6) is 0.644. The van der Waals surface area contributed by atoms with Crippen LogP contribution in [0, 0.1) is 5.92 Å². The van der Waals surface area contributed by atoms with E-state index in [0.717, 1.165) is 29.2 Å². The Morgan fingerprint density at radius 1 is 1.53 bits per heavy atom. The maximum absolute atomic E-state index is 5.95. The zero-order chi connectivity index (χ0) is 12.3. The number of ether oxygens (including phenoxy) is 1. The van der Waals surface area contributed by atoms with Gasteiger partial charge in [-0.3, -0.25) is 0 Å². The molecule has 4 heteroatoms. The van der Waals surface area contributed by atoms with E-state index in [1.54, 1.807) is 0 Å². The first-order chi connectivity index (χ1) is 8.16. The second-order valence-electron chi connectivity index (χ2n) is 4.50. The van der Waals surface area contributed by atoms with Crippen LogP contribution in [0.2, 0.25) is 5.02 Å². The number of rotatable bonds is 4. The lowest BCUT2D eigenvalue weighted by atomic mass is 10.0. The SMILES string of the molecule is CC1OCCC1CNCc1ccc(Cl)c(Br)c1. The molecular weight excluding hydrogens is 302 g/mol. The summed E-state index contributed by atoms with van der Waals surface area (Å²) in [6, 6.07) is 6.03. The molecule has 0 aromatic heterocycles. The number of benzene rings is 1. The Balaban J connectivity index is 1.79. The van der Waals surface area contributed by atoms with Crippen molar-refractivity contribution in [1.29, 1.82) is 0 Å². The predicted octanol–water partition coefficient (Wildman–Crippen LogP) is 3.62. The van der Waals surface area contributed by atoms with E-state index >= 15 is 0 Å². The van der Waals surface area contributed by atoms with Gasteiger partial charge in [0, 0.05) is 24.2 Å². The molecule has 17 heavy (non-hydrogen) atoms. The summed E-state index contributed by atoms with van der Waals surface area (Å²) in [6.07, 6.45) is 1.55. The van der Waals surface area contributed by atoms with Crippen molar-refractivity contribution < 1.29 is 4.74 Å². The fraction of sp³-hybridized carbons (Fsp3) is 0.538. The quantitative estimate of drug-likeness (QED) is 0.915. The average Bonchev–Trinajstić information content (AvgIpc) is 2.70. The molecule has 1 fully saturated rings. The molecule has 1 aliphatic heterocycles. The first-order valence-electron chi connectivity index (χ1n) is 5.93. The molecule has 1 N–H and O–H groups in total. The molecule has 2 nitrogen and oxygen atoms in total. The van der Waals surface area contributed by atoms with E-state index in [1.165, 1.54) is 12.0 Å². The number of hydrogen-bond acceptors (Lipinski definition) is 2. The summed E-state index contributed by atoms with van der Waals surface area (Å²) in [4.78, 5) is 0. The van der Waals surface area contributed by atoms with Gasteiger partial charge in [-0.05, 0) is 52.9 Å². The molecule has 1 aromatic rings. The van der Waals surface area contributed by atoms with E-state index in [1.807, 2.05) is 6.07 Å². The Bertz CT molecular complexity index is 386. The van der Waals surface area contributed by atoms with Crippen molar-refractivity contribution in [2.45, 2.75) is 26.0 Å². The number of hydrogen-bond donors (Lipinski definition) is 1. The zero-order valence-corrected chi connectivity index (χ0v) is 12.2. The molecule has 0 amide bonds. The van der Waals surface area contributed by atoms with Gasteiger partial charge >= 0.3 is 0 Å². The minimum Gasteiger partial charge on any atom is -0.378 e. The Morgan fingerprint density at radius 3 is 3.00 bits per heavy atom. The molecule has 1 heterocycles. The topological polar surface area (TPSA) is 21.3 Å². The fourth-order valence-electron chi connectivity index (χ4n) is 2.10. The van der Waals surface area contributed by atoms with Crippen molar-refractivity contribution >= 4 is 27.5 Å². The van der Waals surface area contributed by atoms with Crippen molar-refractivity contribution in [3.63, 3.8) is 0 Å². The lowest BCUT2D eigenvalue weighted by Crippen LogP contribution is -2.26. The number of halogens is 2. The van der Waals surface area contributed by atoms with E-state index in [4.69, 9.17) is 16.3 Å². The van der Waals surface area contributed by atoms with Crippen LogP contribution in [0.3, 0.4) is 0 Å². The fourth-order valence-corrected chi connectivity index (χ4v) is 2.64. The molecule has 1 aromatic carbocycles. The highest BCUT2D eigenvalue weighted by atomic mass is 79.9. The summed E-state index contributed by atoms with van der Waals surface area (Å²) in [5.41, 5.74) is 1.24. The van der Waals surface area contributed by atoms with Crippen LogP contribution in [0.1, 0.15) is 18.9 Å². The van der Waals surface area contributed by atoms with Gasteiger partial charge in [-0.2, -0.15) is 0 Å². The van der Waals surface area contributed by atoms with Crippen LogP contribution in [0.25, 0.3) is 0 Å². The van der Waals surface area contributed by atoms with Crippen LogP contribution < -0.4 is 5.32 Å². The summed E-state index contributed by atoms with van der Waals surface area (Å²) >= 11 is 9.39. The largest absolute Gasteiger partial charge is 0.378 e. The van der Waals surface area contributed by atoms with Gasteiger partial charge < -0.3 is 10.1 Å². The molecule has 2 rings (SSSR count). The average molecular weight is 319 g/mol. The first-order valence-corrected chi connectivity index (χ1v) is 7.10. The first kappa shape index (κ1) is 13.3. The van der Waals surface area contributed by atoms with E-state index in [0.29, 0.717) is 12.0 Å². The van der Waals surface area contributed by atoms with Gasteiger partial charge in [0.25, 0.3) is 0 Å². The maximum Gasteiger partial charge on any atom is 0.0588 e. The summed E-state index contributed by atoms with van der Waals surface area (Å²) < 4.78 is 6.49. The van der Waals surface area contributed by atoms with Crippen LogP contribution >= 0.6 is 27.5 Å². The van der Waals surface area contributed by atoms with Crippen LogP contribution in [0.15, 0.2) is 22.7 Å². The monoisotopic (exact) mass is 317 g/mol. The molecule has 1 aliphatic rings. The second kappa shape index (κ2) is 6.19. The summed E-state index contributed by atoms with van der Waals surface area (Å²) in [6.45, 7) is 4.94. The van der Waals surface area contributed by atoms with Crippen LogP contribution in [-0.2, 0) is 11.3 Å². The van der Waals surface area contributed by atoms with E-state index < -0.39 is 0 Å². The standard InChI is InChI=1S/C13H17BrClNO/c1-9-11(4-5-17-9)8-16-7-10-2-3-13(15)12(14)6-10/h2-3,6,9,11,16H,4-5,7-8H2,1H3. The van der Waals surface area contributed by atoms with Gasteiger partial charge in [-0.1, -0.05) is 17.7 Å². The van der Waals surface area contributed by atoms with Crippen LogP contribution in [0.4, 0.5) is 0 Å². The van der Waals surface area contributed by atoms with Gasteiger partial charge in [0.2, 0.25) is 0 Å². The van der Waals surface area contributed by atoms with E-state index in [2.05, 4.69) is 40.3 Å². The van der Waals surface area contributed by atoms with Crippen molar-refractivity contribution in [1.82, 2.24) is 5.32 Å². The predicted molar refractivity (Wildman–Crippen MR) is 74.4 cm³/mol. The Kier molecular flexibility index (Phi) is 4.86. The third-order valence-corrected chi connectivity index (χ3v) is 4.47.